The highest BCUT2D eigenvalue weighted by Gasteiger charge is 2.09. The van der Waals surface area contributed by atoms with Gasteiger partial charge in [-0.15, -0.1) is 22.5 Å². The van der Waals surface area contributed by atoms with E-state index in [-0.39, 0.29) is 19.0 Å². The molecule has 0 amide bonds. The number of anilines is 1. The van der Waals surface area contributed by atoms with E-state index in [0.717, 1.165) is 42.4 Å². The van der Waals surface area contributed by atoms with E-state index in [9.17, 15) is 0 Å². The number of benzene rings is 1. The summed E-state index contributed by atoms with van der Waals surface area (Å²) in [5.74, 6) is 1.37. The number of aromatic nitrogens is 1. The van der Waals surface area contributed by atoms with Gasteiger partial charge in [-0.1, -0.05) is 0 Å². The molecule has 26 heavy (non-hydrogen) atoms. The Labute approximate surface area is 157 Å². The standard InChI is InChI=1S/C16H22N2O3.ClH.HNO3/c1-20-15-10-12-13(17-7-4-3-5-9-19)6-8-18-14(12)11-16(15)21-2;;2-1(3)4/h6,8,10-11,19H,3-5,7,9H2,1-2H3,(H,17,18);1H;(H,2,3,4). The van der Waals surface area contributed by atoms with Crippen molar-refractivity contribution in [2.24, 2.45) is 0 Å². The molecule has 0 fully saturated rings. The number of rotatable bonds is 8. The van der Waals surface area contributed by atoms with Crippen molar-refractivity contribution in [3.63, 3.8) is 0 Å². The minimum Gasteiger partial charge on any atom is -0.493 e. The molecule has 2 aromatic rings. The second-order valence-electron chi connectivity index (χ2n) is 5.03. The smallest absolute Gasteiger partial charge is 0.291 e. The maximum Gasteiger partial charge on any atom is 0.291 e. The molecule has 0 aliphatic carbocycles. The number of pyridine rings is 1. The van der Waals surface area contributed by atoms with E-state index in [0.29, 0.717) is 11.5 Å². The van der Waals surface area contributed by atoms with E-state index in [1.807, 2.05) is 18.2 Å². The molecule has 0 unspecified atom stereocenters. The van der Waals surface area contributed by atoms with Crippen LogP contribution in [0.4, 0.5) is 5.69 Å². The lowest BCUT2D eigenvalue weighted by Crippen LogP contribution is -2.03. The van der Waals surface area contributed by atoms with Crippen LogP contribution in [-0.4, -0.2) is 47.8 Å². The van der Waals surface area contributed by atoms with Crippen molar-refractivity contribution in [1.29, 1.82) is 0 Å². The molecule has 3 N–H and O–H groups in total. The molecule has 10 heteroatoms. The van der Waals surface area contributed by atoms with E-state index >= 15 is 0 Å². The van der Waals surface area contributed by atoms with Gasteiger partial charge in [0.05, 0.1) is 19.7 Å². The Kier molecular flexibility index (Phi) is 11.5. The lowest BCUT2D eigenvalue weighted by Gasteiger charge is -2.12. The summed E-state index contributed by atoms with van der Waals surface area (Å²) < 4.78 is 10.6. The Balaban J connectivity index is 0.00000113. The Morgan fingerprint density at radius 1 is 1.19 bits per heavy atom. The second-order valence-corrected chi connectivity index (χ2v) is 5.03. The number of hydrogen-bond acceptors (Lipinski definition) is 7. The number of halogens is 1. The summed E-state index contributed by atoms with van der Waals surface area (Å²) in [4.78, 5) is 12.7. The van der Waals surface area contributed by atoms with Crippen LogP contribution in [-0.2, 0) is 0 Å². The molecule has 0 saturated carbocycles. The van der Waals surface area contributed by atoms with Crippen LogP contribution in [0.25, 0.3) is 10.9 Å². The monoisotopic (exact) mass is 389 g/mol. The van der Waals surface area contributed by atoms with Crippen molar-refractivity contribution in [2.45, 2.75) is 19.3 Å². The first-order valence-corrected chi connectivity index (χ1v) is 7.72. The van der Waals surface area contributed by atoms with Crippen molar-refractivity contribution < 1.29 is 24.9 Å². The van der Waals surface area contributed by atoms with Crippen LogP contribution in [0.5, 0.6) is 11.5 Å². The molecule has 0 radical (unpaired) electrons. The van der Waals surface area contributed by atoms with Crippen molar-refractivity contribution >= 4 is 29.0 Å². The molecule has 0 aliphatic rings. The maximum absolute atomic E-state index is 8.78. The summed E-state index contributed by atoms with van der Waals surface area (Å²) in [7, 11) is 3.25. The number of nitrogens with one attached hydrogen (secondary N) is 1. The molecule has 2 rings (SSSR count). The lowest BCUT2D eigenvalue weighted by molar-refractivity contribution is -0.742. The van der Waals surface area contributed by atoms with Gasteiger partial charge in [0.25, 0.3) is 5.09 Å². The fraction of sp³-hybridized carbons (Fsp3) is 0.438. The number of hydrogen-bond donors (Lipinski definition) is 3. The molecule has 1 heterocycles. The Morgan fingerprint density at radius 2 is 1.81 bits per heavy atom. The Hall–Kier alpha value is -2.52. The number of aliphatic hydroxyl groups excluding tert-OH is 1. The number of methoxy groups -OCH3 is 2. The highest BCUT2D eigenvalue weighted by atomic mass is 35.5. The molecule has 9 nitrogen and oxygen atoms in total. The maximum atomic E-state index is 8.78. The van der Waals surface area contributed by atoms with Gasteiger partial charge in [-0.2, -0.15) is 0 Å². The average molecular weight is 390 g/mol. The molecule has 0 atom stereocenters. The first-order valence-electron chi connectivity index (χ1n) is 7.72. The minimum absolute atomic E-state index is 0. The van der Waals surface area contributed by atoms with Crippen LogP contribution in [0, 0.1) is 10.1 Å². The molecule has 0 spiro atoms. The average Bonchev–Trinajstić information content (AvgIpc) is 2.60. The molecular weight excluding hydrogens is 366 g/mol. The van der Waals surface area contributed by atoms with Crippen LogP contribution in [0.1, 0.15) is 19.3 Å². The summed E-state index contributed by atoms with van der Waals surface area (Å²) in [6, 6.07) is 5.78. The third-order valence-electron chi connectivity index (χ3n) is 3.40. The van der Waals surface area contributed by atoms with Crippen LogP contribution in [0.3, 0.4) is 0 Å². The number of fused-ring (bicyclic) bond motifs is 1. The first kappa shape index (κ1) is 23.5. The molecule has 1 aromatic carbocycles. The van der Waals surface area contributed by atoms with Crippen LogP contribution in [0.15, 0.2) is 24.4 Å². The normalized spacial score (nSPS) is 9.50. The third kappa shape index (κ3) is 7.58. The second kappa shape index (κ2) is 12.8. The molecule has 1 aromatic heterocycles. The van der Waals surface area contributed by atoms with Gasteiger partial charge in [-0.25, -0.2) is 0 Å². The quantitative estimate of drug-likeness (QED) is 0.357. The van der Waals surface area contributed by atoms with Gasteiger partial charge in [0, 0.05) is 36.5 Å². The van der Waals surface area contributed by atoms with Gasteiger partial charge in [0.1, 0.15) is 0 Å². The molecule has 0 aliphatic heterocycles. The van der Waals surface area contributed by atoms with Gasteiger partial charge >= 0.3 is 0 Å². The zero-order chi connectivity index (χ0) is 18.7. The summed E-state index contributed by atoms with van der Waals surface area (Å²) in [6.07, 6.45) is 4.68. The highest BCUT2D eigenvalue weighted by Crippen LogP contribution is 2.34. The molecule has 0 saturated heterocycles. The summed E-state index contributed by atoms with van der Waals surface area (Å²) >= 11 is 0. The summed E-state index contributed by atoms with van der Waals surface area (Å²) in [5, 5.41) is 26.8. The van der Waals surface area contributed by atoms with E-state index < -0.39 is 5.09 Å². The molecule has 146 valence electrons. The van der Waals surface area contributed by atoms with Crippen molar-refractivity contribution in [1.82, 2.24) is 4.98 Å². The van der Waals surface area contributed by atoms with Gasteiger partial charge in [0.15, 0.2) is 11.5 Å². The van der Waals surface area contributed by atoms with Crippen LogP contribution in [0.2, 0.25) is 0 Å². The lowest BCUT2D eigenvalue weighted by atomic mass is 10.1. The topological polar surface area (TPSA) is 127 Å². The predicted molar refractivity (Wildman–Crippen MR) is 100 cm³/mol. The fourth-order valence-electron chi connectivity index (χ4n) is 2.26. The predicted octanol–water partition coefficient (Wildman–Crippen LogP) is 2.90. The van der Waals surface area contributed by atoms with E-state index in [2.05, 4.69) is 10.3 Å². The van der Waals surface area contributed by atoms with Crippen LogP contribution < -0.4 is 14.8 Å². The largest absolute Gasteiger partial charge is 0.493 e. The van der Waals surface area contributed by atoms with Crippen LogP contribution >= 0.6 is 12.4 Å². The summed E-state index contributed by atoms with van der Waals surface area (Å²) in [5.41, 5.74) is 1.90. The highest BCUT2D eigenvalue weighted by molar-refractivity contribution is 5.93. The zero-order valence-corrected chi connectivity index (χ0v) is 15.5. The van der Waals surface area contributed by atoms with E-state index in [1.54, 1.807) is 20.4 Å². The first-order chi connectivity index (χ1) is 12.0. The number of nitrogens with zero attached hydrogens (tertiary/aromatic N) is 2. The van der Waals surface area contributed by atoms with Gasteiger partial charge in [-0.3, -0.25) is 4.98 Å². The van der Waals surface area contributed by atoms with E-state index in [1.165, 1.54) is 0 Å². The van der Waals surface area contributed by atoms with Crippen molar-refractivity contribution in [2.75, 3.05) is 32.7 Å². The van der Waals surface area contributed by atoms with Gasteiger partial charge in [-0.05, 0) is 31.4 Å². The number of unbranched alkanes of at least 4 members (excludes halogenated alkanes) is 2. The third-order valence-corrected chi connectivity index (χ3v) is 3.40. The van der Waals surface area contributed by atoms with Gasteiger partial charge in [0.2, 0.25) is 0 Å². The Morgan fingerprint density at radius 3 is 2.38 bits per heavy atom. The zero-order valence-electron chi connectivity index (χ0n) is 14.7. The number of aliphatic hydroxyl groups is 1. The minimum atomic E-state index is -1.50. The van der Waals surface area contributed by atoms with Gasteiger partial charge < -0.3 is 25.1 Å². The molecular formula is C16H24ClN3O6. The Bertz CT molecular complexity index is 682. The van der Waals surface area contributed by atoms with Crippen molar-refractivity contribution in [3.8, 4) is 11.5 Å². The van der Waals surface area contributed by atoms with Crippen molar-refractivity contribution in [3.05, 3.63) is 34.5 Å². The summed E-state index contributed by atoms with van der Waals surface area (Å²) in [6.45, 7) is 1.13. The molecule has 0 bridgehead atoms. The SMILES string of the molecule is COc1cc2nccc(NCCCCCO)c2cc1OC.Cl.O=[N+]([O-])O. The number of ether oxygens (including phenoxy) is 2. The van der Waals surface area contributed by atoms with E-state index in [4.69, 9.17) is 29.9 Å². The fourth-order valence-corrected chi connectivity index (χ4v) is 2.26.